The van der Waals surface area contributed by atoms with Gasteiger partial charge in [-0.25, -0.2) is 0 Å². The van der Waals surface area contributed by atoms with Crippen molar-refractivity contribution < 1.29 is 9.47 Å². The van der Waals surface area contributed by atoms with Gasteiger partial charge in [0, 0.05) is 5.41 Å². The maximum atomic E-state index is 5.52. The van der Waals surface area contributed by atoms with Gasteiger partial charge in [-0.15, -0.1) is 0 Å². The third-order valence-electron chi connectivity index (χ3n) is 4.36. The molecule has 2 heteroatoms. The molecule has 0 aliphatic rings. The summed E-state index contributed by atoms with van der Waals surface area (Å²) >= 11 is 0. The van der Waals surface area contributed by atoms with Crippen LogP contribution < -0.4 is 0 Å². The second kappa shape index (κ2) is 15.0. The van der Waals surface area contributed by atoms with Gasteiger partial charge in [0.1, 0.15) is 0 Å². The fourth-order valence-corrected chi connectivity index (χ4v) is 3.09. The summed E-state index contributed by atoms with van der Waals surface area (Å²) in [4.78, 5) is 0. The molecule has 0 saturated heterocycles. The summed E-state index contributed by atoms with van der Waals surface area (Å²) < 4.78 is 11.0. The van der Waals surface area contributed by atoms with Crippen LogP contribution in [0.25, 0.3) is 0 Å². The Balaban J connectivity index is 4.08. The van der Waals surface area contributed by atoms with Crippen molar-refractivity contribution in [2.75, 3.05) is 13.2 Å². The van der Waals surface area contributed by atoms with Gasteiger partial charge in [-0.2, -0.15) is 0 Å². The molecule has 0 aromatic carbocycles. The quantitative estimate of drug-likeness (QED) is 0.222. The van der Waals surface area contributed by atoms with Crippen molar-refractivity contribution in [3.05, 3.63) is 25.7 Å². The molecule has 22 heavy (non-hydrogen) atoms. The SMILES string of the molecule is C=COCC(CCC)(CCCCCCCCCC)COC=C. The molecule has 0 aliphatic heterocycles. The molecule has 0 heterocycles. The summed E-state index contributed by atoms with van der Waals surface area (Å²) in [5.74, 6) is 0. The summed E-state index contributed by atoms with van der Waals surface area (Å²) in [7, 11) is 0. The molecule has 0 rings (SSSR count). The standard InChI is InChI=1S/C20H38O2/c1-5-9-10-11-12-13-14-15-17-20(16-6-2,18-21-7-3)19-22-8-4/h7-8H,3-6,9-19H2,1-2H3. The van der Waals surface area contributed by atoms with Crippen molar-refractivity contribution in [3.63, 3.8) is 0 Å². The molecule has 0 spiro atoms. The molecule has 0 unspecified atom stereocenters. The smallest absolute Gasteiger partial charge is 0.0961 e. The first kappa shape index (κ1) is 21.1. The maximum absolute atomic E-state index is 5.52. The van der Waals surface area contributed by atoms with E-state index in [0.29, 0.717) is 13.2 Å². The fourth-order valence-electron chi connectivity index (χ4n) is 3.09. The lowest BCUT2D eigenvalue weighted by Crippen LogP contribution is -2.31. The number of rotatable bonds is 17. The Labute approximate surface area is 139 Å². The molecule has 0 saturated carbocycles. The summed E-state index contributed by atoms with van der Waals surface area (Å²) in [6.45, 7) is 13.2. The first-order chi connectivity index (χ1) is 10.7. The summed E-state index contributed by atoms with van der Waals surface area (Å²) in [5, 5.41) is 0. The van der Waals surface area contributed by atoms with E-state index in [1.165, 1.54) is 51.4 Å². The van der Waals surface area contributed by atoms with Crippen LogP contribution in [-0.2, 0) is 9.47 Å². The number of unbranched alkanes of at least 4 members (excludes halogenated alkanes) is 7. The third kappa shape index (κ3) is 10.8. The first-order valence-electron chi connectivity index (χ1n) is 9.19. The van der Waals surface area contributed by atoms with Crippen LogP contribution in [0.1, 0.15) is 84.5 Å². The Kier molecular flexibility index (Phi) is 14.4. The molecule has 0 fully saturated rings. The Morgan fingerprint density at radius 1 is 0.682 bits per heavy atom. The van der Waals surface area contributed by atoms with Crippen LogP contribution in [0.3, 0.4) is 0 Å². The van der Waals surface area contributed by atoms with Crippen LogP contribution in [0.15, 0.2) is 25.7 Å². The fraction of sp³-hybridized carbons (Fsp3) is 0.800. The van der Waals surface area contributed by atoms with Crippen molar-refractivity contribution >= 4 is 0 Å². The second-order valence-corrected chi connectivity index (χ2v) is 6.43. The lowest BCUT2D eigenvalue weighted by molar-refractivity contribution is 0.0227. The minimum Gasteiger partial charge on any atom is -0.501 e. The second-order valence-electron chi connectivity index (χ2n) is 6.43. The Morgan fingerprint density at radius 3 is 1.64 bits per heavy atom. The lowest BCUT2D eigenvalue weighted by Gasteiger charge is -2.32. The van der Waals surface area contributed by atoms with Crippen LogP contribution in [0.5, 0.6) is 0 Å². The topological polar surface area (TPSA) is 18.5 Å². The number of hydrogen-bond donors (Lipinski definition) is 0. The van der Waals surface area contributed by atoms with Gasteiger partial charge in [0.05, 0.1) is 25.7 Å². The largest absolute Gasteiger partial charge is 0.501 e. The van der Waals surface area contributed by atoms with E-state index in [1.54, 1.807) is 12.5 Å². The number of ether oxygens (including phenoxy) is 2. The summed E-state index contributed by atoms with van der Waals surface area (Å²) in [5.41, 5.74) is 0.110. The van der Waals surface area contributed by atoms with E-state index >= 15 is 0 Å². The van der Waals surface area contributed by atoms with Crippen molar-refractivity contribution in [2.24, 2.45) is 5.41 Å². The zero-order chi connectivity index (χ0) is 16.5. The zero-order valence-corrected chi connectivity index (χ0v) is 15.1. The lowest BCUT2D eigenvalue weighted by atomic mass is 9.80. The Bertz CT molecular complexity index is 248. The average Bonchev–Trinajstić information content (AvgIpc) is 2.53. The first-order valence-corrected chi connectivity index (χ1v) is 9.19. The van der Waals surface area contributed by atoms with E-state index in [-0.39, 0.29) is 5.41 Å². The summed E-state index contributed by atoms with van der Waals surface area (Å²) in [6, 6.07) is 0. The van der Waals surface area contributed by atoms with Crippen LogP contribution >= 0.6 is 0 Å². The van der Waals surface area contributed by atoms with E-state index in [1.807, 2.05) is 0 Å². The van der Waals surface area contributed by atoms with Gasteiger partial charge in [-0.1, -0.05) is 84.8 Å². The molecule has 2 nitrogen and oxygen atoms in total. The minimum atomic E-state index is 0.110. The van der Waals surface area contributed by atoms with Crippen molar-refractivity contribution in [1.82, 2.24) is 0 Å². The van der Waals surface area contributed by atoms with E-state index in [0.717, 1.165) is 19.3 Å². The van der Waals surface area contributed by atoms with E-state index in [4.69, 9.17) is 9.47 Å². The molecule has 0 aromatic rings. The molecule has 0 aliphatic carbocycles. The van der Waals surface area contributed by atoms with E-state index in [9.17, 15) is 0 Å². The highest BCUT2D eigenvalue weighted by Gasteiger charge is 2.30. The highest BCUT2D eigenvalue weighted by Crippen LogP contribution is 2.32. The molecular weight excluding hydrogens is 272 g/mol. The Morgan fingerprint density at radius 2 is 1.18 bits per heavy atom. The van der Waals surface area contributed by atoms with Gasteiger partial charge in [0.2, 0.25) is 0 Å². The molecule has 0 amide bonds. The highest BCUT2D eigenvalue weighted by molar-refractivity contribution is 4.80. The third-order valence-corrected chi connectivity index (χ3v) is 4.36. The molecule has 0 N–H and O–H groups in total. The molecule has 0 aromatic heterocycles. The molecule has 0 atom stereocenters. The molecule has 130 valence electrons. The van der Waals surface area contributed by atoms with Crippen LogP contribution in [0, 0.1) is 5.41 Å². The number of hydrogen-bond acceptors (Lipinski definition) is 2. The molecule has 0 radical (unpaired) electrons. The molecular formula is C20H38O2. The predicted octanol–water partition coefficient (Wildman–Crippen LogP) is 6.62. The van der Waals surface area contributed by atoms with Gasteiger partial charge < -0.3 is 9.47 Å². The van der Waals surface area contributed by atoms with Gasteiger partial charge >= 0.3 is 0 Å². The molecule has 0 bridgehead atoms. The van der Waals surface area contributed by atoms with Gasteiger partial charge in [0.25, 0.3) is 0 Å². The van der Waals surface area contributed by atoms with Crippen LogP contribution in [0.2, 0.25) is 0 Å². The van der Waals surface area contributed by atoms with E-state index < -0.39 is 0 Å². The predicted molar refractivity (Wildman–Crippen MR) is 96.9 cm³/mol. The van der Waals surface area contributed by atoms with Crippen molar-refractivity contribution in [2.45, 2.75) is 84.5 Å². The maximum Gasteiger partial charge on any atom is 0.0961 e. The van der Waals surface area contributed by atoms with E-state index in [2.05, 4.69) is 27.0 Å². The normalized spacial score (nSPS) is 11.2. The van der Waals surface area contributed by atoms with Crippen molar-refractivity contribution in [3.8, 4) is 0 Å². The average molecular weight is 311 g/mol. The van der Waals surface area contributed by atoms with Gasteiger partial charge in [-0.3, -0.25) is 0 Å². The monoisotopic (exact) mass is 310 g/mol. The summed E-state index contributed by atoms with van der Waals surface area (Å²) in [6.07, 6.45) is 17.4. The van der Waals surface area contributed by atoms with Crippen LogP contribution in [0.4, 0.5) is 0 Å². The highest BCUT2D eigenvalue weighted by atomic mass is 16.5. The zero-order valence-electron chi connectivity index (χ0n) is 15.1. The van der Waals surface area contributed by atoms with Crippen molar-refractivity contribution in [1.29, 1.82) is 0 Å². The van der Waals surface area contributed by atoms with Gasteiger partial charge in [0.15, 0.2) is 0 Å². The minimum absolute atomic E-state index is 0.110. The van der Waals surface area contributed by atoms with Crippen LogP contribution in [-0.4, -0.2) is 13.2 Å². The Hall–Kier alpha value is -0.920. The van der Waals surface area contributed by atoms with Gasteiger partial charge in [-0.05, 0) is 12.8 Å².